The Morgan fingerprint density at radius 2 is 2.15 bits per heavy atom. The van der Waals surface area contributed by atoms with Gasteiger partial charge in [-0.15, -0.1) is 0 Å². The Hall–Kier alpha value is -1.66. The van der Waals surface area contributed by atoms with Gasteiger partial charge in [-0.2, -0.15) is 0 Å². The minimum absolute atomic E-state index is 0.114. The number of anilines is 1. The molecule has 1 amide bonds. The number of rotatable bonds is 8. The molecule has 0 saturated heterocycles. The van der Waals surface area contributed by atoms with E-state index in [1.54, 1.807) is 12.1 Å². The quantitative estimate of drug-likeness (QED) is 0.382. The summed E-state index contributed by atoms with van der Waals surface area (Å²) in [5.41, 5.74) is 3.76. The SMILES string of the molecule is Cc1cc(C(=O)NCCCCOC(C)C)cc(NN)n1. The van der Waals surface area contributed by atoms with E-state index in [2.05, 4.69) is 15.7 Å². The van der Waals surface area contributed by atoms with Crippen molar-refractivity contribution in [1.29, 1.82) is 0 Å². The van der Waals surface area contributed by atoms with Crippen LogP contribution in [0.4, 0.5) is 5.82 Å². The van der Waals surface area contributed by atoms with Crippen LogP contribution in [-0.4, -0.2) is 30.1 Å². The maximum Gasteiger partial charge on any atom is 0.251 e. The summed E-state index contributed by atoms with van der Waals surface area (Å²) in [4.78, 5) is 16.1. The number of nitrogens with one attached hydrogen (secondary N) is 2. The molecular formula is C14H24N4O2. The van der Waals surface area contributed by atoms with Crippen molar-refractivity contribution >= 4 is 11.7 Å². The van der Waals surface area contributed by atoms with E-state index in [0.29, 0.717) is 17.9 Å². The van der Waals surface area contributed by atoms with E-state index in [9.17, 15) is 4.79 Å². The Bertz CT molecular complexity index is 435. The topological polar surface area (TPSA) is 89.3 Å². The van der Waals surface area contributed by atoms with Crippen LogP contribution >= 0.6 is 0 Å². The molecule has 112 valence electrons. The summed E-state index contributed by atoms with van der Waals surface area (Å²) in [6.07, 6.45) is 2.08. The van der Waals surface area contributed by atoms with Gasteiger partial charge in [0.25, 0.3) is 5.91 Å². The van der Waals surface area contributed by atoms with Crippen LogP contribution < -0.4 is 16.6 Å². The van der Waals surface area contributed by atoms with E-state index in [1.807, 2.05) is 20.8 Å². The molecule has 1 heterocycles. The highest BCUT2D eigenvalue weighted by molar-refractivity contribution is 5.94. The normalized spacial score (nSPS) is 10.7. The summed E-state index contributed by atoms with van der Waals surface area (Å²) in [7, 11) is 0. The maximum absolute atomic E-state index is 12.0. The Kier molecular flexibility index (Phi) is 6.97. The van der Waals surface area contributed by atoms with Crippen LogP contribution in [0.25, 0.3) is 0 Å². The summed E-state index contributed by atoms with van der Waals surface area (Å²) in [6.45, 7) is 7.20. The van der Waals surface area contributed by atoms with E-state index in [4.69, 9.17) is 10.6 Å². The first-order chi connectivity index (χ1) is 9.52. The molecule has 0 saturated carbocycles. The monoisotopic (exact) mass is 280 g/mol. The second-order valence-corrected chi connectivity index (χ2v) is 4.91. The summed E-state index contributed by atoms with van der Waals surface area (Å²) in [6, 6.07) is 3.36. The molecule has 6 nitrogen and oxygen atoms in total. The van der Waals surface area contributed by atoms with Crippen LogP contribution in [0.1, 0.15) is 42.7 Å². The van der Waals surface area contributed by atoms with Crippen LogP contribution in [0.2, 0.25) is 0 Å². The lowest BCUT2D eigenvalue weighted by molar-refractivity contribution is 0.0754. The molecule has 6 heteroatoms. The number of nitrogen functional groups attached to an aromatic ring is 1. The molecule has 0 unspecified atom stereocenters. The number of nitrogens with zero attached hydrogens (tertiary/aromatic N) is 1. The van der Waals surface area contributed by atoms with Crippen molar-refractivity contribution in [3.8, 4) is 0 Å². The summed E-state index contributed by atoms with van der Waals surface area (Å²) < 4.78 is 5.44. The smallest absolute Gasteiger partial charge is 0.251 e. The molecule has 0 atom stereocenters. The summed E-state index contributed by atoms with van der Waals surface area (Å²) in [5, 5.41) is 2.87. The number of hydrogen-bond donors (Lipinski definition) is 3. The molecule has 1 aromatic rings. The van der Waals surface area contributed by atoms with Crippen LogP contribution in [0.5, 0.6) is 0 Å². The van der Waals surface area contributed by atoms with Gasteiger partial charge in [-0.3, -0.25) is 4.79 Å². The van der Waals surface area contributed by atoms with Crippen molar-refractivity contribution < 1.29 is 9.53 Å². The van der Waals surface area contributed by atoms with Crippen LogP contribution in [0.3, 0.4) is 0 Å². The lowest BCUT2D eigenvalue weighted by Gasteiger charge is -2.09. The van der Waals surface area contributed by atoms with Crippen LogP contribution in [0, 0.1) is 6.92 Å². The second-order valence-electron chi connectivity index (χ2n) is 4.91. The molecule has 0 radical (unpaired) electrons. The van der Waals surface area contributed by atoms with E-state index in [0.717, 1.165) is 25.1 Å². The Morgan fingerprint density at radius 3 is 2.80 bits per heavy atom. The largest absolute Gasteiger partial charge is 0.379 e. The molecule has 1 aromatic heterocycles. The van der Waals surface area contributed by atoms with Crippen LogP contribution in [0.15, 0.2) is 12.1 Å². The maximum atomic E-state index is 12.0. The van der Waals surface area contributed by atoms with Gasteiger partial charge in [0.05, 0.1) is 6.10 Å². The fourth-order valence-corrected chi connectivity index (χ4v) is 1.72. The second kappa shape index (κ2) is 8.50. The van der Waals surface area contributed by atoms with Crippen molar-refractivity contribution in [3.05, 3.63) is 23.4 Å². The van der Waals surface area contributed by atoms with Gasteiger partial charge >= 0.3 is 0 Å². The minimum Gasteiger partial charge on any atom is -0.379 e. The van der Waals surface area contributed by atoms with Crippen molar-refractivity contribution in [2.24, 2.45) is 5.84 Å². The van der Waals surface area contributed by atoms with Gasteiger partial charge in [0.15, 0.2) is 0 Å². The third-order valence-corrected chi connectivity index (χ3v) is 2.67. The van der Waals surface area contributed by atoms with E-state index in [-0.39, 0.29) is 12.0 Å². The predicted octanol–water partition coefficient (Wildman–Crippen LogP) is 1.61. The molecule has 0 aromatic carbocycles. The average Bonchev–Trinajstić information content (AvgIpc) is 2.41. The number of aryl methyl sites for hydroxylation is 1. The molecule has 20 heavy (non-hydrogen) atoms. The van der Waals surface area contributed by atoms with E-state index >= 15 is 0 Å². The predicted molar refractivity (Wildman–Crippen MR) is 79.4 cm³/mol. The fourth-order valence-electron chi connectivity index (χ4n) is 1.72. The highest BCUT2D eigenvalue weighted by Gasteiger charge is 2.07. The number of aromatic nitrogens is 1. The molecule has 0 fully saturated rings. The van der Waals surface area contributed by atoms with Gasteiger partial charge < -0.3 is 15.5 Å². The van der Waals surface area contributed by atoms with Gasteiger partial charge in [-0.05, 0) is 45.7 Å². The zero-order valence-electron chi connectivity index (χ0n) is 12.4. The van der Waals surface area contributed by atoms with Crippen molar-refractivity contribution in [1.82, 2.24) is 10.3 Å². The highest BCUT2D eigenvalue weighted by atomic mass is 16.5. The molecule has 0 aliphatic carbocycles. The first kappa shape index (κ1) is 16.4. The Balaban J connectivity index is 2.34. The van der Waals surface area contributed by atoms with E-state index in [1.165, 1.54) is 0 Å². The fraction of sp³-hybridized carbons (Fsp3) is 0.571. The Labute approximate surface area is 120 Å². The number of carbonyl (C=O) groups excluding carboxylic acids is 1. The first-order valence-electron chi connectivity index (χ1n) is 6.88. The molecule has 1 rings (SSSR count). The Morgan fingerprint density at radius 1 is 1.40 bits per heavy atom. The highest BCUT2D eigenvalue weighted by Crippen LogP contribution is 2.09. The number of unbranched alkanes of at least 4 members (excludes halogenated alkanes) is 1. The number of amides is 1. The number of hydrogen-bond acceptors (Lipinski definition) is 5. The zero-order valence-corrected chi connectivity index (χ0v) is 12.4. The summed E-state index contributed by atoms with van der Waals surface area (Å²) in [5.74, 6) is 5.68. The summed E-state index contributed by atoms with van der Waals surface area (Å²) >= 11 is 0. The standard InChI is InChI=1S/C14H24N4O2/c1-10(2)20-7-5-4-6-16-14(19)12-8-11(3)17-13(9-12)18-15/h8-10H,4-7,15H2,1-3H3,(H,16,19)(H,17,18). The van der Waals surface area contributed by atoms with E-state index < -0.39 is 0 Å². The lowest BCUT2D eigenvalue weighted by Crippen LogP contribution is -2.25. The molecular weight excluding hydrogens is 256 g/mol. The number of pyridine rings is 1. The number of ether oxygens (including phenoxy) is 1. The van der Waals surface area contributed by atoms with Gasteiger partial charge in [-0.25, -0.2) is 10.8 Å². The molecule has 0 aliphatic heterocycles. The molecule has 0 aliphatic rings. The molecule has 0 spiro atoms. The van der Waals surface area contributed by atoms with Gasteiger partial charge in [0.1, 0.15) is 5.82 Å². The third-order valence-electron chi connectivity index (χ3n) is 2.67. The average molecular weight is 280 g/mol. The van der Waals surface area contributed by atoms with Crippen LogP contribution in [-0.2, 0) is 4.74 Å². The number of carbonyl (C=O) groups is 1. The van der Waals surface area contributed by atoms with Gasteiger partial charge in [-0.1, -0.05) is 0 Å². The van der Waals surface area contributed by atoms with Gasteiger partial charge in [0, 0.05) is 24.4 Å². The van der Waals surface area contributed by atoms with Gasteiger partial charge in [0.2, 0.25) is 0 Å². The zero-order chi connectivity index (χ0) is 15.0. The number of nitrogens with two attached hydrogens (primary N) is 1. The lowest BCUT2D eigenvalue weighted by atomic mass is 10.2. The first-order valence-corrected chi connectivity index (χ1v) is 6.88. The van der Waals surface area contributed by atoms with Crippen molar-refractivity contribution in [3.63, 3.8) is 0 Å². The van der Waals surface area contributed by atoms with Crippen molar-refractivity contribution in [2.45, 2.75) is 39.7 Å². The molecule has 4 N–H and O–H groups in total. The third kappa shape index (κ3) is 5.99. The molecule has 0 bridgehead atoms. The minimum atomic E-state index is -0.114. The van der Waals surface area contributed by atoms with Crippen molar-refractivity contribution in [2.75, 3.05) is 18.6 Å². The number of hydrazine groups is 1.